The van der Waals surface area contributed by atoms with Crippen LogP contribution in [-0.4, -0.2) is 18.2 Å². The van der Waals surface area contributed by atoms with E-state index in [1.165, 1.54) is 37.7 Å². The van der Waals surface area contributed by atoms with Crippen molar-refractivity contribution in [2.24, 2.45) is 11.8 Å². The summed E-state index contributed by atoms with van der Waals surface area (Å²) in [5.74, 6) is 2.12. The molecular formula is C17H27NO. The van der Waals surface area contributed by atoms with Crippen LogP contribution in [-0.2, 0) is 6.42 Å². The lowest BCUT2D eigenvalue weighted by Gasteiger charge is -2.33. The van der Waals surface area contributed by atoms with Gasteiger partial charge in [-0.1, -0.05) is 38.3 Å². The zero-order chi connectivity index (χ0) is 13.7. The SMILES string of the molecule is CCC1CCC(C(Cc2ccc(O)cc2)NC)CC1. The standard InChI is InChI=1S/C17H27NO/c1-3-13-4-8-15(9-5-13)17(18-2)12-14-6-10-16(19)11-7-14/h6-7,10-11,13,15,17-19H,3-5,8-9,12H2,1-2H3. The van der Waals surface area contributed by atoms with Gasteiger partial charge in [0.2, 0.25) is 0 Å². The number of aromatic hydroxyl groups is 1. The summed E-state index contributed by atoms with van der Waals surface area (Å²) in [5.41, 5.74) is 1.31. The van der Waals surface area contributed by atoms with Crippen molar-refractivity contribution in [1.82, 2.24) is 5.32 Å². The highest BCUT2D eigenvalue weighted by Gasteiger charge is 2.26. The van der Waals surface area contributed by atoms with Gasteiger partial charge < -0.3 is 10.4 Å². The van der Waals surface area contributed by atoms with Crippen molar-refractivity contribution >= 4 is 0 Å². The van der Waals surface area contributed by atoms with Crippen LogP contribution in [0.5, 0.6) is 5.75 Å². The van der Waals surface area contributed by atoms with E-state index in [-0.39, 0.29) is 0 Å². The molecule has 1 aromatic rings. The first-order chi connectivity index (χ1) is 9.22. The Morgan fingerprint density at radius 1 is 1.16 bits per heavy atom. The lowest BCUT2D eigenvalue weighted by molar-refractivity contribution is 0.222. The number of nitrogens with one attached hydrogen (secondary N) is 1. The van der Waals surface area contributed by atoms with Gasteiger partial charge >= 0.3 is 0 Å². The molecule has 0 aromatic heterocycles. The Kier molecular flexibility index (Phi) is 5.26. The molecule has 1 aromatic carbocycles. The van der Waals surface area contributed by atoms with Crippen LogP contribution in [0, 0.1) is 11.8 Å². The second-order valence-corrected chi connectivity index (χ2v) is 5.95. The largest absolute Gasteiger partial charge is 0.508 e. The molecule has 0 saturated heterocycles. The maximum absolute atomic E-state index is 9.34. The summed E-state index contributed by atoms with van der Waals surface area (Å²) in [5, 5.41) is 12.8. The minimum absolute atomic E-state index is 0.355. The monoisotopic (exact) mass is 261 g/mol. The summed E-state index contributed by atoms with van der Waals surface area (Å²) >= 11 is 0. The average Bonchev–Trinajstić information content (AvgIpc) is 2.47. The first-order valence-electron chi connectivity index (χ1n) is 7.68. The van der Waals surface area contributed by atoms with E-state index in [4.69, 9.17) is 0 Å². The molecule has 0 heterocycles. The van der Waals surface area contributed by atoms with Crippen LogP contribution in [0.15, 0.2) is 24.3 Å². The van der Waals surface area contributed by atoms with E-state index < -0.39 is 0 Å². The van der Waals surface area contributed by atoms with Crippen LogP contribution in [0.25, 0.3) is 0 Å². The molecule has 0 radical (unpaired) electrons. The molecule has 0 bridgehead atoms. The molecule has 2 nitrogen and oxygen atoms in total. The van der Waals surface area contributed by atoms with Gasteiger partial charge in [0, 0.05) is 6.04 Å². The number of hydrogen-bond acceptors (Lipinski definition) is 2. The summed E-state index contributed by atoms with van der Waals surface area (Å²) in [6.07, 6.45) is 7.93. The maximum Gasteiger partial charge on any atom is 0.115 e. The molecule has 19 heavy (non-hydrogen) atoms. The minimum atomic E-state index is 0.355. The van der Waals surface area contributed by atoms with Gasteiger partial charge in [-0.2, -0.15) is 0 Å². The zero-order valence-electron chi connectivity index (χ0n) is 12.2. The van der Waals surface area contributed by atoms with E-state index in [1.807, 2.05) is 12.1 Å². The average molecular weight is 261 g/mol. The van der Waals surface area contributed by atoms with E-state index >= 15 is 0 Å². The molecule has 1 aliphatic rings. The number of hydrogen-bond donors (Lipinski definition) is 2. The molecule has 1 atom stereocenters. The molecule has 2 N–H and O–H groups in total. The Morgan fingerprint density at radius 2 is 1.79 bits per heavy atom. The van der Waals surface area contributed by atoms with Crippen LogP contribution in [0.2, 0.25) is 0 Å². The summed E-state index contributed by atoms with van der Waals surface area (Å²) in [6, 6.07) is 8.23. The highest BCUT2D eigenvalue weighted by atomic mass is 16.3. The first kappa shape index (κ1) is 14.4. The predicted molar refractivity (Wildman–Crippen MR) is 80.4 cm³/mol. The van der Waals surface area contributed by atoms with Crippen LogP contribution in [0.1, 0.15) is 44.6 Å². The normalized spacial score (nSPS) is 25.2. The van der Waals surface area contributed by atoms with Gasteiger partial charge in [-0.05, 0) is 55.8 Å². The topological polar surface area (TPSA) is 32.3 Å². The van der Waals surface area contributed by atoms with Crippen molar-refractivity contribution in [1.29, 1.82) is 0 Å². The highest BCUT2D eigenvalue weighted by Crippen LogP contribution is 2.33. The van der Waals surface area contributed by atoms with Crippen LogP contribution in [0.3, 0.4) is 0 Å². The van der Waals surface area contributed by atoms with Crippen molar-refractivity contribution in [3.63, 3.8) is 0 Å². The molecule has 0 aliphatic heterocycles. The van der Waals surface area contributed by atoms with Crippen molar-refractivity contribution in [2.75, 3.05) is 7.05 Å². The van der Waals surface area contributed by atoms with Gasteiger partial charge in [-0.3, -0.25) is 0 Å². The van der Waals surface area contributed by atoms with E-state index in [0.717, 1.165) is 18.3 Å². The Hall–Kier alpha value is -1.02. The maximum atomic E-state index is 9.34. The number of rotatable bonds is 5. The minimum Gasteiger partial charge on any atom is -0.508 e. The van der Waals surface area contributed by atoms with Crippen molar-refractivity contribution in [2.45, 2.75) is 51.5 Å². The third kappa shape index (κ3) is 3.97. The summed E-state index contributed by atoms with van der Waals surface area (Å²) < 4.78 is 0. The summed E-state index contributed by atoms with van der Waals surface area (Å²) in [6.45, 7) is 2.32. The zero-order valence-corrected chi connectivity index (χ0v) is 12.2. The van der Waals surface area contributed by atoms with Crippen LogP contribution in [0.4, 0.5) is 0 Å². The van der Waals surface area contributed by atoms with Crippen molar-refractivity contribution in [3.05, 3.63) is 29.8 Å². The third-order valence-corrected chi connectivity index (χ3v) is 4.80. The number of phenolic OH excluding ortho intramolecular Hbond substituents is 1. The number of likely N-dealkylation sites (N-methyl/N-ethyl adjacent to an activating group) is 1. The Morgan fingerprint density at radius 3 is 2.32 bits per heavy atom. The fourth-order valence-electron chi connectivity index (χ4n) is 3.39. The van der Waals surface area contributed by atoms with Crippen LogP contribution >= 0.6 is 0 Å². The second kappa shape index (κ2) is 6.95. The van der Waals surface area contributed by atoms with Crippen molar-refractivity contribution in [3.8, 4) is 5.75 Å². The molecule has 0 spiro atoms. The van der Waals surface area contributed by atoms with E-state index in [1.54, 1.807) is 12.1 Å². The molecule has 2 rings (SSSR count). The van der Waals surface area contributed by atoms with E-state index in [2.05, 4.69) is 19.3 Å². The lowest BCUT2D eigenvalue weighted by Crippen LogP contribution is -2.37. The van der Waals surface area contributed by atoms with E-state index in [9.17, 15) is 5.11 Å². The Bertz CT molecular complexity index is 365. The van der Waals surface area contributed by atoms with Gasteiger partial charge in [0.25, 0.3) is 0 Å². The van der Waals surface area contributed by atoms with Gasteiger partial charge in [0.1, 0.15) is 5.75 Å². The lowest BCUT2D eigenvalue weighted by atomic mass is 9.76. The smallest absolute Gasteiger partial charge is 0.115 e. The van der Waals surface area contributed by atoms with Crippen molar-refractivity contribution < 1.29 is 5.11 Å². The molecule has 1 fully saturated rings. The highest BCUT2D eigenvalue weighted by molar-refractivity contribution is 5.26. The first-order valence-corrected chi connectivity index (χ1v) is 7.68. The van der Waals surface area contributed by atoms with Gasteiger partial charge in [-0.15, -0.1) is 0 Å². The van der Waals surface area contributed by atoms with Gasteiger partial charge in [0.05, 0.1) is 0 Å². The van der Waals surface area contributed by atoms with Crippen LogP contribution < -0.4 is 5.32 Å². The number of benzene rings is 1. The summed E-state index contributed by atoms with van der Waals surface area (Å²) in [7, 11) is 2.08. The second-order valence-electron chi connectivity index (χ2n) is 5.95. The quantitative estimate of drug-likeness (QED) is 0.846. The summed E-state index contributed by atoms with van der Waals surface area (Å²) in [4.78, 5) is 0. The molecule has 106 valence electrons. The molecule has 2 heteroatoms. The Labute approximate surface area is 117 Å². The molecule has 1 unspecified atom stereocenters. The Balaban J connectivity index is 1.91. The fourth-order valence-corrected chi connectivity index (χ4v) is 3.39. The molecule has 0 amide bonds. The molecule has 1 aliphatic carbocycles. The molecular weight excluding hydrogens is 234 g/mol. The molecule has 1 saturated carbocycles. The third-order valence-electron chi connectivity index (χ3n) is 4.80. The van der Waals surface area contributed by atoms with Gasteiger partial charge in [-0.25, -0.2) is 0 Å². The predicted octanol–water partition coefficient (Wildman–Crippen LogP) is 3.74. The van der Waals surface area contributed by atoms with Gasteiger partial charge in [0.15, 0.2) is 0 Å². The van der Waals surface area contributed by atoms with E-state index in [0.29, 0.717) is 11.8 Å². The number of phenols is 1. The fraction of sp³-hybridized carbons (Fsp3) is 0.647.